The molecule has 0 fully saturated rings. The first-order chi connectivity index (χ1) is 11.1. The van der Waals surface area contributed by atoms with Crippen molar-refractivity contribution in [1.82, 2.24) is 4.57 Å². The average molecular weight is 301 g/mol. The molecule has 2 heteroatoms. The van der Waals surface area contributed by atoms with Gasteiger partial charge in [0.05, 0.1) is 16.6 Å². The first-order valence-electron chi connectivity index (χ1n) is 7.87. The normalized spacial score (nSPS) is 12.1. The van der Waals surface area contributed by atoms with Crippen LogP contribution in [0.3, 0.4) is 0 Å². The van der Waals surface area contributed by atoms with Gasteiger partial charge in [0.1, 0.15) is 0 Å². The van der Waals surface area contributed by atoms with Crippen molar-refractivity contribution in [3.8, 4) is 5.69 Å². The molecule has 4 aromatic rings. The zero-order chi connectivity index (χ0) is 16.0. The molecule has 4 rings (SSSR count). The summed E-state index contributed by atoms with van der Waals surface area (Å²) in [5, 5.41) is 12.7. The van der Waals surface area contributed by atoms with E-state index in [1.165, 1.54) is 16.3 Å². The van der Waals surface area contributed by atoms with Crippen LogP contribution in [0, 0.1) is 0 Å². The maximum atomic E-state index is 10.3. The van der Waals surface area contributed by atoms with Gasteiger partial charge in [0.2, 0.25) is 0 Å². The smallest absolute Gasteiger partial charge is 0.0840 e. The second-order valence-electron chi connectivity index (χ2n) is 6.48. The maximum absolute atomic E-state index is 10.3. The largest absolute Gasteiger partial charge is 0.386 e. The molecule has 0 saturated heterocycles. The van der Waals surface area contributed by atoms with Gasteiger partial charge in [-0.25, -0.2) is 0 Å². The molecule has 0 radical (unpaired) electrons. The van der Waals surface area contributed by atoms with Crippen LogP contribution in [-0.2, 0) is 5.60 Å². The van der Waals surface area contributed by atoms with Crippen molar-refractivity contribution >= 4 is 21.8 Å². The molecular formula is C21H19NO. The van der Waals surface area contributed by atoms with Crippen LogP contribution < -0.4 is 0 Å². The molecule has 114 valence electrons. The molecule has 0 aliphatic heterocycles. The number of aliphatic hydroxyl groups is 1. The third-order valence-electron chi connectivity index (χ3n) is 4.39. The Labute approximate surface area is 135 Å². The lowest BCUT2D eigenvalue weighted by molar-refractivity contribution is 0.0787. The van der Waals surface area contributed by atoms with Crippen LogP contribution in [0.15, 0.2) is 72.8 Å². The zero-order valence-corrected chi connectivity index (χ0v) is 13.3. The number of hydrogen-bond donors (Lipinski definition) is 1. The van der Waals surface area contributed by atoms with Crippen molar-refractivity contribution in [2.24, 2.45) is 0 Å². The highest BCUT2D eigenvalue weighted by Gasteiger charge is 2.18. The Morgan fingerprint density at radius 2 is 1.39 bits per heavy atom. The molecule has 0 atom stereocenters. The molecule has 0 aliphatic rings. The standard InChI is InChI=1S/C21H19NO/c1-21(2,23)15-12-13-20-18(14-15)17-10-6-7-11-19(17)22(20)16-8-4-3-5-9-16/h3-14,23H,1-2H3. The van der Waals surface area contributed by atoms with Crippen molar-refractivity contribution in [3.05, 3.63) is 78.4 Å². The van der Waals surface area contributed by atoms with E-state index in [1.807, 2.05) is 26.0 Å². The second kappa shape index (κ2) is 4.97. The summed E-state index contributed by atoms with van der Waals surface area (Å²) in [4.78, 5) is 0. The van der Waals surface area contributed by atoms with E-state index in [2.05, 4.69) is 65.2 Å². The lowest BCUT2D eigenvalue weighted by Crippen LogP contribution is -2.15. The fraction of sp³-hybridized carbons (Fsp3) is 0.143. The molecular weight excluding hydrogens is 282 g/mol. The number of aromatic nitrogens is 1. The maximum Gasteiger partial charge on any atom is 0.0840 e. The van der Waals surface area contributed by atoms with Crippen molar-refractivity contribution in [2.45, 2.75) is 19.4 Å². The van der Waals surface area contributed by atoms with E-state index in [-0.39, 0.29) is 0 Å². The van der Waals surface area contributed by atoms with Gasteiger partial charge >= 0.3 is 0 Å². The summed E-state index contributed by atoms with van der Waals surface area (Å²) in [5.41, 5.74) is 3.58. The molecule has 2 nitrogen and oxygen atoms in total. The van der Waals surface area contributed by atoms with E-state index in [1.54, 1.807) is 0 Å². The van der Waals surface area contributed by atoms with E-state index in [9.17, 15) is 5.11 Å². The van der Waals surface area contributed by atoms with Gasteiger partial charge in [-0.05, 0) is 49.7 Å². The first-order valence-corrected chi connectivity index (χ1v) is 7.87. The molecule has 0 amide bonds. The Balaban J connectivity index is 2.13. The quantitative estimate of drug-likeness (QED) is 0.553. The first kappa shape index (κ1) is 14.0. The summed E-state index contributed by atoms with van der Waals surface area (Å²) in [6.07, 6.45) is 0. The number of hydrogen-bond acceptors (Lipinski definition) is 1. The predicted molar refractivity (Wildman–Crippen MR) is 96.0 cm³/mol. The fourth-order valence-electron chi connectivity index (χ4n) is 3.21. The summed E-state index contributed by atoms with van der Waals surface area (Å²) in [6.45, 7) is 3.65. The molecule has 0 spiro atoms. The van der Waals surface area contributed by atoms with Gasteiger partial charge in [0, 0.05) is 16.5 Å². The van der Waals surface area contributed by atoms with Crippen LogP contribution in [0.2, 0.25) is 0 Å². The summed E-state index contributed by atoms with van der Waals surface area (Å²) in [7, 11) is 0. The highest BCUT2D eigenvalue weighted by Crippen LogP contribution is 2.34. The highest BCUT2D eigenvalue weighted by molar-refractivity contribution is 6.09. The summed E-state index contributed by atoms with van der Waals surface area (Å²) in [6, 6.07) is 25.0. The lowest BCUT2D eigenvalue weighted by atomic mass is 9.96. The SMILES string of the molecule is CC(C)(O)c1ccc2c(c1)c1ccccc1n2-c1ccccc1. The Morgan fingerprint density at radius 3 is 2.13 bits per heavy atom. The van der Waals surface area contributed by atoms with Crippen LogP contribution >= 0.6 is 0 Å². The van der Waals surface area contributed by atoms with Crippen LogP contribution in [0.5, 0.6) is 0 Å². The number of fused-ring (bicyclic) bond motifs is 3. The van der Waals surface area contributed by atoms with E-state index >= 15 is 0 Å². The van der Waals surface area contributed by atoms with Crippen molar-refractivity contribution in [1.29, 1.82) is 0 Å². The molecule has 23 heavy (non-hydrogen) atoms. The average Bonchev–Trinajstić information content (AvgIpc) is 2.88. The highest BCUT2D eigenvalue weighted by atomic mass is 16.3. The minimum atomic E-state index is -0.843. The summed E-state index contributed by atoms with van der Waals surface area (Å²) >= 11 is 0. The van der Waals surface area contributed by atoms with Crippen molar-refractivity contribution in [2.75, 3.05) is 0 Å². The Bertz CT molecular complexity index is 991. The van der Waals surface area contributed by atoms with Gasteiger partial charge in [-0.3, -0.25) is 0 Å². The molecule has 1 aromatic heterocycles. The third kappa shape index (κ3) is 2.23. The van der Waals surface area contributed by atoms with Crippen LogP contribution in [0.4, 0.5) is 0 Å². The molecule has 1 heterocycles. The second-order valence-corrected chi connectivity index (χ2v) is 6.48. The molecule has 0 aliphatic carbocycles. The van der Waals surface area contributed by atoms with Crippen molar-refractivity contribution in [3.63, 3.8) is 0 Å². The number of rotatable bonds is 2. The minimum Gasteiger partial charge on any atom is -0.386 e. The van der Waals surface area contributed by atoms with E-state index in [0.29, 0.717) is 0 Å². The molecule has 0 bridgehead atoms. The van der Waals surface area contributed by atoms with Gasteiger partial charge < -0.3 is 9.67 Å². The topological polar surface area (TPSA) is 25.2 Å². The third-order valence-corrected chi connectivity index (χ3v) is 4.39. The molecule has 0 unspecified atom stereocenters. The Kier molecular flexibility index (Phi) is 3.03. The summed E-state index contributed by atoms with van der Waals surface area (Å²) < 4.78 is 2.28. The van der Waals surface area contributed by atoms with Gasteiger partial charge in [0.25, 0.3) is 0 Å². The number of benzene rings is 3. The lowest BCUT2D eigenvalue weighted by Gasteiger charge is -2.18. The number of nitrogens with zero attached hydrogens (tertiary/aromatic N) is 1. The Hall–Kier alpha value is -2.58. The fourth-order valence-corrected chi connectivity index (χ4v) is 3.21. The monoisotopic (exact) mass is 301 g/mol. The van der Waals surface area contributed by atoms with E-state index < -0.39 is 5.60 Å². The van der Waals surface area contributed by atoms with E-state index in [0.717, 1.165) is 16.8 Å². The van der Waals surface area contributed by atoms with Crippen LogP contribution in [0.1, 0.15) is 19.4 Å². The summed E-state index contributed by atoms with van der Waals surface area (Å²) in [5.74, 6) is 0. The minimum absolute atomic E-state index is 0.843. The molecule has 3 aromatic carbocycles. The van der Waals surface area contributed by atoms with Gasteiger partial charge in [-0.2, -0.15) is 0 Å². The van der Waals surface area contributed by atoms with Gasteiger partial charge in [0.15, 0.2) is 0 Å². The van der Waals surface area contributed by atoms with Gasteiger partial charge in [-0.1, -0.05) is 42.5 Å². The van der Waals surface area contributed by atoms with Crippen LogP contribution in [0.25, 0.3) is 27.5 Å². The van der Waals surface area contributed by atoms with Crippen molar-refractivity contribution < 1.29 is 5.11 Å². The number of para-hydroxylation sites is 2. The zero-order valence-electron chi connectivity index (χ0n) is 13.3. The predicted octanol–water partition coefficient (Wildman–Crippen LogP) is 5.01. The molecule has 0 saturated carbocycles. The van der Waals surface area contributed by atoms with E-state index in [4.69, 9.17) is 0 Å². The Morgan fingerprint density at radius 1 is 0.739 bits per heavy atom. The molecule has 1 N–H and O–H groups in total. The van der Waals surface area contributed by atoms with Gasteiger partial charge in [-0.15, -0.1) is 0 Å². The van der Waals surface area contributed by atoms with Crippen LogP contribution in [-0.4, -0.2) is 9.67 Å².